The number of halogens is 1. The van der Waals surface area contributed by atoms with Crippen LogP contribution in [0.2, 0.25) is 0 Å². The number of aryl methyl sites for hydroxylation is 1. The molecule has 1 amide bonds. The Bertz CT molecular complexity index is 443. The summed E-state index contributed by atoms with van der Waals surface area (Å²) >= 11 is 3.37. The zero-order valence-corrected chi connectivity index (χ0v) is 12.7. The van der Waals surface area contributed by atoms with Gasteiger partial charge < -0.3 is 5.32 Å². The second-order valence-corrected chi connectivity index (χ2v) is 6.20. The first-order valence-corrected chi connectivity index (χ1v) is 7.28. The van der Waals surface area contributed by atoms with Gasteiger partial charge in [0, 0.05) is 19.3 Å². The van der Waals surface area contributed by atoms with Crippen molar-refractivity contribution in [2.45, 2.75) is 39.2 Å². The van der Waals surface area contributed by atoms with Crippen LogP contribution in [0.25, 0.3) is 0 Å². The molecule has 18 heavy (non-hydrogen) atoms. The molecule has 100 valence electrons. The third kappa shape index (κ3) is 2.76. The van der Waals surface area contributed by atoms with E-state index < -0.39 is 0 Å². The van der Waals surface area contributed by atoms with Gasteiger partial charge in [-0.25, -0.2) is 0 Å². The Balaban J connectivity index is 2.05. The number of hydrogen-bond donors (Lipinski definition) is 1. The Morgan fingerprint density at radius 3 is 2.83 bits per heavy atom. The molecule has 1 saturated carbocycles. The van der Waals surface area contributed by atoms with Crippen LogP contribution in [0.1, 0.15) is 43.6 Å². The maximum absolute atomic E-state index is 12.2. The van der Waals surface area contributed by atoms with E-state index in [1.165, 1.54) is 12.8 Å². The highest BCUT2D eigenvalue weighted by atomic mass is 79.9. The van der Waals surface area contributed by atoms with Crippen molar-refractivity contribution in [3.63, 3.8) is 0 Å². The number of carbonyl (C=O) groups excluding carboxylic acids is 1. The van der Waals surface area contributed by atoms with Crippen LogP contribution < -0.4 is 5.32 Å². The van der Waals surface area contributed by atoms with Gasteiger partial charge >= 0.3 is 0 Å². The summed E-state index contributed by atoms with van der Waals surface area (Å²) in [4.78, 5) is 12.2. The lowest BCUT2D eigenvalue weighted by molar-refractivity contribution is 0.0884. The van der Waals surface area contributed by atoms with Crippen LogP contribution in [0.15, 0.2) is 10.7 Å². The average Bonchev–Trinajstić information content (AvgIpc) is 2.64. The monoisotopic (exact) mass is 313 g/mol. The summed E-state index contributed by atoms with van der Waals surface area (Å²) in [5.41, 5.74) is 0.475. The van der Waals surface area contributed by atoms with E-state index in [2.05, 4.69) is 40.2 Å². The van der Waals surface area contributed by atoms with Crippen LogP contribution >= 0.6 is 15.9 Å². The zero-order valence-electron chi connectivity index (χ0n) is 11.1. The van der Waals surface area contributed by atoms with Crippen LogP contribution in [0.4, 0.5) is 0 Å². The summed E-state index contributed by atoms with van der Waals surface area (Å²) in [6, 6.07) is 0.273. The Labute approximate surface area is 116 Å². The Hall–Kier alpha value is -0.840. The first kappa shape index (κ1) is 13.6. The van der Waals surface area contributed by atoms with E-state index >= 15 is 0 Å². The van der Waals surface area contributed by atoms with Gasteiger partial charge in [-0.3, -0.25) is 9.48 Å². The third-order valence-electron chi connectivity index (χ3n) is 4.02. The number of aromatic nitrogens is 2. The van der Waals surface area contributed by atoms with Gasteiger partial charge in [-0.1, -0.05) is 26.7 Å². The first-order valence-electron chi connectivity index (χ1n) is 6.49. The molecule has 0 aromatic carbocycles. The highest BCUT2D eigenvalue weighted by Crippen LogP contribution is 2.29. The summed E-state index contributed by atoms with van der Waals surface area (Å²) in [6.45, 7) is 4.49. The minimum absolute atomic E-state index is 0.0755. The fraction of sp³-hybridized carbons (Fsp3) is 0.692. The number of nitrogens with one attached hydrogen (secondary N) is 1. The van der Waals surface area contributed by atoms with Crippen LogP contribution in [-0.4, -0.2) is 21.7 Å². The molecule has 1 N–H and O–H groups in total. The van der Waals surface area contributed by atoms with Crippen LogP contribution in [-0.2, 0) is 7.05 Å². The maximum Gasteiger partial charge on any atom is 0.273 e. The van der Waals surface area contributed by atoms with Gasteiger partial charge in [0.1, 0.15) is 0 Å². The number of hydrogen-bond acceptors (Lipinski definition) is 2. The lowest BCUT2D eigenvalue weighted by atomic mass is 9.78. The lowest BCUT2D eigenvalue weighted by Crippen LogP contribution is -2.43. The van der Waals surface area contributed by atoms with Crippen molar-refractivity contribution >= 4 is 21.8 Å². The van der Waals surface area contributed by atoms with Gasteiger partial charge in [-0.15, -0.1) is 0 Å². The van der Waals surface area contributed by atoms with Crippen molar-refractivity contribution < 1.29 is 4.79 Å². The Morgan fingerprint density at radius 1 is 1.50 bits per heavy atom. The van der Waals surface area contributed by atoms with Crippen molar-refractivity contribution in [2.24, 2.45) is 18.9 Å². The van der Waals surface area contributed by atoms with E-state index in [0.717, 1.165) is 10.9 Å². The maximum atomic E-state index is 12.2. The van der Waals surface area contributed by atoms with Crippen molar-refractivity contribution in [3.8, 4) is 0 Å². The molecule has 0 saturated heterocycles. The largest absolute Gasteiger partial charge is 0.348 e. The molecule has 1 heterocycles. The highest BCUT2D eigenvalue weighted by Gasteiger charge is 2.29. The molecule has 0 aliphatic heterocycles. The molecule has 3 atom stereocenters. The second kappa shape index (κ2) is 5.43. The van der Waals surface area contributed by atoms with E-state index in [1.807, 2.05) is 7.05 Å². The van der Waals surface area contributed by atoms with Crippen molar-refractivity contribution in [3.05, 3.63) is 16.4 Å². The first-order chi connectivity index (χ1) is 8.49. The molecule has 1 aliphatic carbocycles. The van der Waals surface area contributed by atoms with Gasteiger partial charge in [0.25, 0.3) is 5.91 Å². The number of rotatable bonds is 2. The van der Waals surface area contributed by atoms with Crippen LogP contribution in [0, 0.1) is 11.8 Å². The fourth-order valence-corrected chi connectivity index (χ4v) is 3.19. The normalized spacial score (nSPS) is 28.1. The summed E-state index contributed by atoms with van der Waals surface area (Å²) in [6.07, 6.45) is 5.32. The van der Waals surface area contributed by atoms with Gasteiger partial charge in [-0.2, -0.15) is 5.10 Å². The van der Waals surface area contributed by atoms with E-state index in [9.17, 15) is 4.79 Å². The summed E-state index contributed by atoms with van der Waals surface area (Å²) < 4.78 is 2.39. The molecule has 0 spiro atoms. The SMILES string of the molecule is C[C@@H]1[C@@H](C)CCC[C@H]1NC(=O)c1nn(C)cc1Br. The molecule has 0 unspecified atom stereocenters. The molecule has 0 bridgehead atoms. The Morgan fingerprint density at radius 2 is 2.22 bits per heavy atom. The van der Waals surface area contributed by atoms with Crippen molar-refractivity contribution in [2.75, 3.05) is 0 Å². The molecule has 1 aliphatic rings. The Kier molecular flexibility index (Phi) is 4.10. The minimum atomic E-state index is -0.0755. The van der Waals surface area contributed by atoms with Crippen LogP contribution in [0.3, 0.4) is 0 Å². The van der Waals surface area contributed by atoms with E-state index in [4.69, 9.17) is 0 Å². The second-order valence-electron chi connectivity index (χ2n) is 5.35. The molecule has 1 aromatic rings. The standard InChI is InChI=1S/C13H20BrN3O/c1-8-5-4-6-11(9(8)2)15-13(18)12-10(14)7-17(3)16-12/h7-9,11H,4-6H2,1-3H3,(H,15,18)/t8-,9+,11+/m0/s1. The van der Waals surface area contributed by atoms with Gasteiger partial charge in [0.15, 0.2) is 5.69 Å². The smallest absolute Gasteiger partial charge is 0.273 e. The van der Waals surface area contributed by atoms with Gasteiger partial charge in [0.2, 0.25) is 0 Å². The highest BCUT2D eigenvalue weighted by molar-refractivity contribution is 9.10. The predicted octanol–water partition coefficient (Wildman–Crippen LogP) is 2.74. The van der Waals surface area contributed by atoms with E-state index in [1.54, 1.807) is 10.9 Å². The summed E-state index contributed by atoms with van der Waals surface area (Å²) in [5.74, 6) is 1.13. The summed E-state index contributed by atoms with van der Waals surface area (Å²) in [7, 11) is 1.81. The molecule has 0 radical (unpaired) electrons. The average molecular weight is 314 g/mol. The van der Waals surface area contributed by atoms with Crippen LogP contribution in [0.5, 0.6) is 0 Å². The van der Waals surface area contributed by atoms with E-state index in [0.29, 0.717) is 17.5 Å². The number of amides is 1. The molecule has 2 rings (SSSR count). The molecular formula is C13H20BrN3O. The number of carbonyl (C=O) groups is 1. The topological polar surface area (TPSA) is 46.9 Å². The fourth-order valence-electron chi connectivity index (χ4n) is 2.64. The molecular weight excluding hydrogens is 294 g/mol. The molecule has 5 heteroatoms. The lowest BCUT2D eigenvalue weighted by Gasteiger charge is -2.34. The number of nitrogens with zero attached hydrogens (tertiary/aromatic N) is 2. The zero-order chi connectivity index (χ0) is 13.3. The molecule has 1 aromatic heterocycles. The molecule has 4 nitrogen and oxygen atoms in total. The predicted molar refractivity (Wildman–Crippen MR) is 74.3 cm³/mol. The van der Waals surface area contributed by atoms with Crippen molar-refractivity contribution in [1.29, 1.82) is 0 Å². The summed E-state index contributed by atoms with van der Waals surface area (Å²) in [5, 5.41) is 7.30. The third-order valence-corrected chi connectivity index (χ3v) is 4.60. The van der Waals surface area contributed by atoms with Crippen molar-refractivity contribution in [1.82, 2.24) is 15.1 Å². The molecule has 1 fully saturated rings. The van der Waals surface area contributed by atoms with Gasteiger partial charge in [0.05, 0.1) is 4.47 Å². The van der Waals surface area contributed by atoms with Gasteiger partial charge in [-0.05, 0) is 34.2 Å². The quantitative estimate of drug-likeness (QED) is 0.912. The van der Waals surface area contributed by atoms with E-state index in [-0.39, 0.29) is 11.9 Å². The minimum Gasteiger partial charge on any atom is -0.348 e.